The summed E-state index contributed by atoms with van der Waals surface area (Å²) in [5.41, 5.74) is 0.416. The maximum atomic E-state index is 8.82. The molecule has 3 rings (SSSR count). The van der Waals surface area contributed by atoms with Crippen LogP contribution in [0.5, 0.6) is 0 Å². The normalized spacial score (nSPS) is 15.1. The second-order valence-corrected chi connectivity index (χ2v) is 4.75. The summed E-state index contributed by atoms with van der Waals surface area (Å²) in [6.07, 6.45) is 5.46. The quantitative estimate of drug-likeness (QED) is 0.816. The lowest BCUT2D eigenvalue weighted by Gasteiger charge is -2.39. The number of anilines is 1. The highest BCUT2D eigenvalue weighted by Crippen LogP contribution is 2.22. The third kappa shape index (κ3) is 2.27. The molecule has 0 aromatic carbocycles. The van der Waals surface area contributed by atoms with Crippen molar-refractivity contribution < 1.29 is 0 Å². The molecule has 0 spiro atoms. The Labute approximate surface area is 111 Å². The Balaban J connectivity index is 1.61. The van der Waals surface area contributed by atoms with Crippen molar-refractivity contribution >= 4 is 5.95 Å². The number of rotatable bonds is 3. The lowest BCUT2D eigenvalue weighted by molar-refractivity contribution is 0.350. The smallest absolute Gasteiger partial charge is 0.226 e. The molecule has 0 aliphatic carbocycles. The van der Waals surface area contributed by atoms with Crippen molar-refractivity contribution in [2.75, 3.05) is 18.0 Å². The molecular weight excluding hydrogens is 240 g/mol. The van der Waals surface area contributed by atoms with Crippen LogP contribution in [-0.4, -0.2) is 32.6 Å². The van der Waals surface area contributed by atoms with E-state index in [1.165, 1.54) is 0 Å². The Hall–Kier alpha value is -2.42. The standard InChI is InChI=1S/C13H14N6/c1-10-15-4-5-18(10)7-11-8-19(9-11)13-16-3-2-12(6-14)17-13/h2-5,11H,7-9H2,1H3. The van der Waals surface area contributed by atoms with Gasteiger partial charge in [0.15, 0.2) is 0 Å². The van der Waals surface area contributed by atoms with Gasteiger partial charge in [0, 0.05) is 44.1 Å². The van der Waals surface area contributed by atoms with E-state index in [-0.39, 0.29) is 0 Å². The van der Waals surface area contributed by atoms with E-state index in [9.17, 15) is 0 Å². The summed E-state index contributed by atoms with van der Waals surface area (Å²) in [7, 11) is 0. The SMILES string of the molecule is Cc1nccn1CC1CN(c2nccc(C#N)n2)C1. The molecule has 0 N–H and O–H groups in total. The fourth-order valence-corrected chi connectivity index (χ4v) is 2.29. The highest BCUT2D eigenvalue weighted by atomic mass is 15.3. The Bertz CT molecular complexity index is 620. The molecule has 6 heteroatoms. The first-order valence-corrected chi connectivity index (χ1v) is 6.22. The molecule has 1 saturated heterocycles. The molecule has 96 valence electrons. The first-order valence-electron chi connectivity index (χ1n) is 6.22. The fourth-order valence-electron chi connectivity index (χ4n) is 2.29. The Kier molecular flexibility index (Phi) is 2.88. The number of aryl methyl sites for hydroxylation is 1. The summed E-state index contributed by atoms with van der Waals surface area (Å²) in [6, 6.07) is 3.66. The van der Waals surface area contributed by atoms with Gasteiger partial charge in [-0.3, -0.25) is 0 Å². The van der Waals surface area contributed by atoms with E-state index in [1.807, 2.05) is 25.4 Å². The molecule has 0 bridgehead atoms. The molecule has 0 radical (unpaired) electrons. The van der Waals surface area contributed by atoms with Crippen molar-refractivity contribution in [2.45, 2.75) is 13.5 Å². The van der Waals surface area contributed by atoms with Crippen molar-refractivity contribution in [3.63, 3.8) is 0 Å². The number of nitriles is 1. The van der Waals surface area contributed by atoms with Gasteiger partial charge in [-0.2, -0.15) is 5.26 Å². The monoisotopic (exact) mass is 254 g/mol. The molecular formula is C13H14N6. The van der Waals surface area contributed by atoms with E-state index in [0.29, 0.717) is 17.6 Å². The second-order valence-electron chi connectivity index (χ2n) is 4.75. The Morgan fingerprint density at radius 3 is 2.89 bits per heavy atom. The lowest BCUT2D eigenvalue weighted by atomic mass is 10.0. The average Bonchev–Trinajstić information content (AvgIpc) is 2.79. The zero-order valence-corrected chi connectivity index (χ0v) is 10.7. The van der Waals surface area contributed by atoms with Gasteiger partial charge >= 0.3 is 0 Å². The van der Waals surface area contributed by atoms with Crippen LogP contribution >= 0.6 is 0 Å². The highest BCUT2D eigenvalue weighted by molar-refractivity contribution is 5.36. The Morgan fingerprint density at radius 1 is 1.37 bits per heavy atom. The van der Waals surface area contributed by atoms with Crippen LogP contribution in [0.15, 0.2) is 24.7 Å². The molecule has 1 aliphatic heterocycles. The number of imidazole rings is 1. The molecule has 0 atom stereocenters. The van der Waals surface area contributed by atoms with Crippen LogP contribution in [0.2, 0.25) is 0 Å². The van der Waals surface area contributed by atoms with E-state index in [0.717, 1.165) is 25.5 Å². The van der Waals surface area contributed by atoms with Gasteiger partial charge in [0.1, 0.15) is 17.6 Å². The largest absolute Gasteiger partial charge is 0.340 e. The third-order valence-corrected chi connectivity index (χ3v) is 3.38. The van der Waals surface area contributed by atoms with E-state index in [2.05, 4.69) is 24.4 Å². The maximum Gasteiger partial charge on any atom is 0.226 e. The predicted octanol–water partition coefficient (Wildman–Crippen LogP) is 0.990. The van der Waals surface area contributed by atoms with Crippen LogP contribution in [0, 0.1) is 24.2 Å². The summed E-state index contributed by atoms with van der Waals surface area (Å²) in [5, 5.41) is 8.82. The van der Waals surface area contributed by atoms with E-state index in [1.54, 1.807) is 12.3 Å². The zero-order chi connectivity index (χ0) is 13.2. The van der Waals surface area contributed by atoms with Crippen LogP contribution in [0.1, 0.15) is 11.5 Å². The van der Waals surface area contributed by atoms with E-state index in [4.69, 9.17) is 5.26 Å². The van der Waals surface area contributed by atoms with Gasteiger partial charge in [0.25, 0.3) is 0 Å². The van der Waals surface area contributed by atoms with Crippen molar-refractivity contribution in [3.8, 4) is 6.07 Å². The van der Waals surface area contributed by atoms with Crippen LogP contribution in [0.4, 0.5) is 5.95 Å². The molecule has 2 aromatic rings. The topological polar surface area (TPSA) is 70.6 Å². The minimum atomic E-state index is 0.416. The van der Waals surface area contributed by atoms with E-state index < -0.39 is 0 Å². The van der Waals surface area contributed by atoms with Gasteiger partial charge < -0.3 is 9.47 Å². The van der Waals surface area contributed by atoms with Crippen molar-refractivity contribution in [3.05, 3.63) is 36.2 Å². The number of nitrogens with zero attached hydrogens (tertiary/aromatic N) is 6. The van der Waals surface area contributed by atoms with Gasteiger partial charge in [-0.05, 0) is 13.0 Å². The minimum absolute atomic E-state index is 0.416. The summed E-state index contributed by atoms with van der Waals surface area (Å²) in [5.74, 6) is 2.28. The summed E-state index contributed by atoms with van der Waals surface area (Å²) >= 11 is 0. The third-order valence-electron chi connectivity index (χ3n) is 3.38. The van der Waals surface area contributed by atoms with Crippen LogP contribution < -0.4 is 4.90 Å². The maximum absolute atomic E-state index is 8.82. The average molecular weight is 254 g/mol. The molecule has 1 fully saturated rings. The number of aromatic nitrogens is 4. The van der Waals surface area contributed by atoms with Gasteiger partial charge in [-0.25, -0.2) is 15.0 Å². The summed E-state index contributed by atoms with van der Waals surface area (Å²) < 4.78 is 2.16. The fraction of sp³-hybridized carbons (Fsp3) is 0.385. The molecule has 0 amide bonds. The molecule has 6 nitrogen and oxygen atoms in total. The van der Waals surface area contributed by atoms with Crippen molar-refractivity contribution in [1.29, 1.82) is 5.26 Å². The first kappa shape index (κ1) is 11.7. The molecule has 0 saturated carbocycles. The highest BCUT2D eigenvalue weighted by Gasteiger charge is 2.29. The van der Waals surface area contributed by atoms with Crippen LogP contribution in [0.25, 0.3) is 0 Å². The summed E-state index contributed by atoms with van der Waals surface area (Å²) in [4.78, 5) is 14.7. The molecule has 0 unspecified atom stereocenters. The molecule has 19 heavy (non-hydrogen) atoms. The Morgan fingerprint density at radius 2 is 2.21 bits per heavy atom. The molecule has 1 aliphatic rings. The predicted molar refractivity (Wildman–Crippen MR) is 69.4 cm³/mol. The molecule has 2 aromatic heterocycles. The van der Waals surface area contributed by atoms with Gasteiger partial charge in [-0.15, -0.1) is 0 Å². The van der Waals surface area contributed by atoms with Crippen LogP contribution in [0.3, 0.4) is 0 Å². The number of hydrogen-bond donors (Lipinski definition) is 0. The van der Waals surface area contributed by atoms with Gasteiger partial charge in [-0.1, -0.05) is 0 Å². The van der Waals surface area contributed by atoms with Crippen molar-refractivity contribution in [1.82, 2.24) is 19.5 Å². The first-order chi connectivity index (χ1) is 9.26. The molecule has 3 heterocycles. The number of hydrogen-bond acceptors (Lipinski definition) is 5. The van der Waals surface area contributed by atoms with Crippen molar-refractivity contribution in [2.24, 2.45) is 5.92 Å². The van der Waals surface area contributed by atoms with Crippen LogP contribution in [-0.2, 0) is 6.54 Å². The van der Waals surface area contributed by atoms with E-state index >= 15 is 0 Å². The zero-order valence-electron chi connectivity index (χ0n) is 10.7. The minimum Gasteiger partial charge on any atom is -0.340 e. The lowest BCUT2D eigenvalue weighted by Crippen LogP contribution is -2.49. The van der Waals surface area contributed by atoms with Gasteiger partial charge in [0.2, 0.25) is 5.95 Å². The van der Waals surface area contributed by atoms with Gasteiger partial charge in [0.05, 0.1) is 0 Å². The second kappa shape index (κ2) is 4.69. The summed E-state index contributed by atoms with van der Waals surface area (Å²) in [6.45, 7) is 4.83.